The molecule has 1 rings (SSSR count). The number of benzene rings is 1. The Balaban J connectivity index is 2.62. The lowest BCUT2D eigenvalue weighted by atomic mass is 10.1. The number of nitro groups is 1. The predicted octanol–water partition coefficient (Wildman–Crippen LogP) is 2.16. The molecule has 0 aromatic heterocycles. The van der Waals surface area contributed by atoms with Crippen LogP contribution in [0.3, 0.4) is 0 Å². The Bertz CT molecular complexity index is 525. The van der Waals surface area contributed by atoms with Crippen LogP contribution in [-0.2, 0) is 0 Å². The largest absolute Gasteiger partial charge is 0.352 e. The van der Waals surface area contributed by atoms with Gasteiger partial charge >= 0.3 is 0 Å². The Kier molecular flexibility index (Phi) is 5.41. The van der Waals surface area contributed by atoms with Gasteiger partial charge in [-0.2, -0.15) is 5.26 Å². The highest BCUT2D eigenvalue weighted by molar-refractivity contribution is 5.94. The summed E-state index contributed by atoms with van der Waals surface area (Å²) < 4.78 is 13.1. The molecule has 0 aliphatic rings. The quantitative estimate of drug-likeness (QED) is 0.484. The second-order valence-corrected chi connectivity index (χ2v) is 3.83. The van der Waals surface area contributed by atoms with Crippen LogP contribution in [0.15, 0.2) is 18.2 Å². The molecule has 0 spiro atoms. The molecule has 0 aliphatic heterocycles. The molecule has 0 saturated carbocycles. The molecule has 7 heteroatoms. The number of nitrogens with one attached hydrogen (secondary N) is 1. The van der Waals surface area contributed by atoms with Gasteiger partial charge in [-0.3, -0.25) is 14.9 Å². The fourth-order valence-corrected chi connectivity index (χ4v) is 1.44. The van der Waals surface area contributed by atoms with Crippen LogP contribution in [0, 0.1) is 27.3 Å². The van der Waals surface area contributed by atoms with Crippen molar-refractivity contribution in [2.75, 3.05) is 6.54 Å². The van der Waals surface area contributed by atoms with E-state index in [0.29, 0.717) is 25.8 Å². The van der Waals surface area contributed by atoms with E-state index in [2.05, 4.69) is 5.32 Å². The molecule has 1 aromatic rings. The van der Waals surface area contributed by atoms with Gasteiger partial charge in [-0.25, -0.2) is 4.39 Å². The maximum absolute atomic E-state index is 13.1. The molecule has 0 bridgehead atoms. The minimum Gasteiger partial charge on any atom is -0.352 e. The minimum atomic E-state index is -0.830. The Morgan fingerprint density at radius 1 is 1.42 bits per heavy atom. The van der Waals surface area contributed by atoms with E-state index in [1.165, 1.54) is 0 Å². The molecule has 1 aromatic carbocycles. The van der Waals surface area contributed by atoms with Crippen LogP contribution >= 0.6 is 0 Å². The zero-order valence-corrected chi connectivity index (χ0v) is 10.1. The van der Waals surface area contributed by atoms with E-state index in [1.54, 1.807) is 0 Å². The van der Waals surface area contributed by atoms with E-state index >= 15 is 0 Å². The van der Waals surface area contributed by atoms with Crippen LogP contribution in [0.4, 0.5) is 10.1 Å². The second-order valence-electron chi connectivity index (χ2n) is 3.83. The molecule has 19 heavy (non-hydrogen) atoms. The van der Waals surface area contributed by atoms with Crippen molar-refractivity contribution in [2.24, 2.45) is 0 Å². The van der Waals surface area contributed by atoms with Gasteiger partial charge in [-0.1, -0.05) is 0 Å². The van der Waals surface area contributed by atoms with Crippen molar-refractivity contribution in [3.05, 3.63) is 39.7 Å². The molecule has 0 aliphatic carbocycles. The first kappa shape index (κ1) is 14.6. The van der Waals surface area contributed by atoms with E-state index in [-0.39, 0.29) is 5.56 Å². The van der Waals surface area contributed by atoms with E-state index in [4.69, 9.17) is 5.26 Å². The number of hydrogen-bond acceptors (Lipinski definition) is 4. The third-order valence-corrected chi connectivity index (χ3v) is 2.36. The Hall–Kier alpha value is -2.49. The number of nitro benzene ring substituents is 1. The lowest BCUT2D eigenvalue weighted by Crippen LogP contribution is -2.24. The number of amides is 1. The predicted molar refractivity (Wildman–Crippen MR) is 64.9 cm³/mol. The van der Waals surface area contributed by atoms with Gasteiger partial charge < -0.3 is 5.32 Å². The van der Waals surface area contributed by atoms with Crippen LogP contribution in [0.2, 0.25) is 0 Å². The van der Waals surface area contributed by atoms with Crippen LogP contribution < -0.4 is 5.32 Å². The zero-order valence-electron chi connectivity index (χ0n) is 10.1. The van der Waals surface area contributed by atoms with Gasteiger partial charge in [0.1, 0.15) is 5.82 Å². The van der Waals surface area contributed by atoms with Crippen molar-refractivity contribution in [1.82, 2.24) is 5.32 Å². The van der Waals surface area contributed by atoms with Crippen LogP contribution in [0.5, 0.6) is 0 Å². The number of nitriles is 1. The summed E-state index contributed by atoms with van der Waals surface area (Å²) >= 11 is 0. The van der Waals surface area contributed by atoms with E-state index < -0.39 is 22.3 Å². The molecule has 6 nitrogen and oxygen atoms in total. The molecular weight excluding hydrogens is 253 g/mol. The highest BCUT2D eigenvalue weighted by atomic mass is 19.1. The highest BCUT2D eigenvalue weighted by Gasteiger charge is 2.14. The maximum atomic E-state index is 13.1. The first-order valence-corrected chi connectivity index (χ1v) is 5.64. The number of unbranched alkanes of at least 4 members (excludes halogenated alkanes) is 2. The Morgan fingerprint density at radius 2 is 2.16 bits per heavy atom. The number of hydrogen-bond donors (Lipinski definition) is 1. The third kappa shape index (κ3) is 4.71. The van der Waals surface area contributed by atoms with Gasteiger partial charge in [-0.15, -0.1) is 0 Å². The fraction of sp³-hybridized carbons (Fsp3) is 0.333. The van der Waals surface area contributed by atoms with Crippen LogP contribution in [0.1, 0.15) is 29.6 Å². The van der Waals surface area contributed by atoms with Gasteiger partial charge in [0.15, 0.2) is 0 Å². The van der Waals surface area contributed by atoms with Gasteiger partial charge in [0.2, 0.25) is 0 Å². The van der Waals surface area contributed by atoms with Crippen molar-refractivity contribution in [2.45, 2.75) is 19.3 Å². The lowest BCUT2D eigenvalue weighted by molar-refractivity contribution is -0.385. The standard InChI is InChI=1S/C12H12FN3O3/c13-10-6-9(7-11(8-10)16(18)19)12(17)15-5-3-1-2-4-14/h6-8H,1-3,5H2,(H,15,17). The number of non-ortho nitro benzene ring substituents is 1. The first-order chi connectivity index (χ1) is 9.04. The van der Waals surface area contributed by atoms with Crippen molar-refractivity contribution in [3.63, 3.8) is 0 Å². The smallest absolute Gasteiger partial charge is 0.273 e. The van der Waals surface area contributed by atoms with E-state index in [0.717, 1.165) is 18.2 Å². The van der Waals surface area contributed by atoms with Crippen molar-refractivity contribution >= 4 is 11.6 Å². The summed E-state index contributed by atoms with van der Waals surface area (Å²) in [5, 5.41) is 21.4. The molecule has 1 amide bonds. The van der Waals surface area contributed by atoms with Crippen LogP contribution in [-0.4, -0.2) is 17.4 Å². The van der Waals surface area contributed by atoms with Crippen molar-refractivity contribution in [1.29, 1.82) is 5.26 Å². The van der Waals surface area contributed by atoms with Crippen LogP contribution in [0.25, 0.3) is 0 Å². The van der Waals surface area contributed by atoms with Gasteiger partial charge in [0.05, 0.1) is 17.1 Å². The van der Waals surface area contributed by atoms with Crippen molar-refractivity contribution < 1.29 is 14.1 Å². The molecule has 100 valence electrons. The minimum absolute atomic E-state index is 0.0908. The molecule has 0 saturated heterocycles. The second kappa shape index (κ2) is 7.06. The Morgan fingerprint density at radius 3 is 2.79 bits per heavy atom. The Labute approximate surface area is 109 Å². The van der Waals surface area contributed by atoms with Gasteiger partial charge in [0.25, 0.3) is 11.6 Å². The molecule has 0 fully saturated rings. The summed E-state index contributed by atoms with van der Waals surface area (Å²) in [6.45, 7) is 0.338. The first-order valence-electron chi connectivity index (χ1n) is 5.64. The lowest BCUT2D eigenvalue weighted by Gasteiger charge is -2.04. The summed E-state index contributed by atoms with van der Waals surface area (Å²) in [6.07, 6.45) is 1.68. The summed E-state index contributed by atoms with van der Waals surface area (Å²) in [4.78, 5) is 21.4. The highest BCUT2D eigenvalue weighted by Crippen LogP contribution is 2.16. The molecule has 1 N–H and O–H groups in total. The fourth-order valence-electron chi connectivity index (χ4n) is 1.44. The molecule has 0 heterocycles. The number of nitrogens with zero attached hydrogens (tertiary/aromatic N) is 2. The SMILES string of the molecule is N#CCCCCNC(=O)c1cc(F)cc([N+](=O)[O-])c1. The average Bonchev–Trinajstić information content (AvgIpc) is 2.37. The summed E-state index contributed by atoms with van der Waals surface area (Å²) in [5.41, 5.74) is -0.554. The summed E-state index contributed by atoms with van der Waals surface area (Å²) in [7, 11) is 0. The number of carbonyl (C=O) groups is 1. The number of halogens is 1. The molecule has 0 unspecified atom stereocenters. The number of carbonyl (C=O) groups excluding carboxylic acids is 1. The van der Waals surface area contributed by atoms with Gasteiger partial charge in [0, 0.05) is 24.6 Å². The number of rotatable bonds is 6. The molecular formula is C12H12FN3O3. The summed E-state index contributed by atoms with van der Waals surface area (Å²) in [5.74, 6) is -1.40. The average molecular weight is 265 g/mol. The summed E-state index contributed by atoms with van der Waals surface area (Å²) in [6, 6.07) is 4.69. The molecule has 0 atom stereocenters. The monoisotopic (exact) mass is 265 g/mol. The topological polar surface area (TPSA) is 96.0 Å². The van der Waals surface area contributed by atoms with E-state index in [9.17, 15) is 19.3 Å². The van der Waals surface area contributed by atoms with E-state index in [1.807, 2.05) is 6.07 Å². The zero-order chi connectivity index (χ0) is 14.3. The van der Waals surface area contributed by atoms with Gasteiger partial charge in [-0.05, 0) is 18.9 Å². The van der Waals surface area contributed by atoms with Crippen molar-refractivity contribution in [3.8, 4) is 6.07 Å². The molecule has 0 radical (unpaired) electrons. The maximum Gasteiger partial charge on any atom is 0.273 e. The third-order valence-electron chi connectivity index (χ3n) is 2.36. The normalized spacial score (nSPS) is 9.68.